The number of carbonyl (C=O) groups is 1. The van der Waals surface area contributed by atoms with Crippen LogP contribution in [0, 0.1) is 17.2 Å². The molecule has 0 spiro atoms. The van der Waals surface area contributed by atoms with E-state index >= 15 is 0 Å². The standard InChI is InChI=1S/C7H6N2OS.C4H9NO/c1-4-2-6(10)9-7(11)5(4)3-8;1-3-6-4-2-5-1/h2,5H,1H3,(H,9,10,11);5H,1-4H2. The van der Waals surface area contributed by atoms with Gasteiger partial charge in [-0.2, -0.15) is 5.26 Å². The minimum absolute atomic E-state index is 0.237. The van der Waals surface area contributed by atoms with E-state index < -0.39 is 5.92 Å². The van der Waals surface area contributed by atoms with E-state index in [2.05, 4.69) is 10.6 Å². The van der Waals surface area contributed by atoms with Gasteiger partial charge in [0.15, 0.2) is 0 Å². The molecule has 0 aliphatic carbocycles. The number of nitriles is 1. The molecule has 0 aromatic carbocycles. The second kappa shape index (κ2) is 7.12. The van der Waals surface area contributed by atoms with Gasteiger partial charge in [0, 0.05) is 19.2 Å². The van der Waals surface area contributed by atoms with Crippen molar-refractivity contribution in [1.82, 2.24) is 10.6 Å². The fourth-order valence-corrected chi connectivity index (χ4v) is 1.74. The van der Waals surface area contributed by atoms with E-state index in [1.807, 2.05) is 6.07 Å². The van der Waals surface area contributed by atoms with E-state index in [0.29, 0.717) is 10.6 Å². The van der Waals surface area contributed by atoms with Gasteiger partial charge in [-0.25, -0.2) is 0 Å². The maximum Gasteiger partial charge on any atom is 0.248 e. The molecular weight excluding hydrogens is 238 g/mol. The Morgan fingerprint density at radius 3 is 2.53 bits per heavy atom. The molecule has 2 N–H and O–H groups in total. The summed E-state index contributed by atoms with van der Waals surface area (Å²) in [5, 5.41) is 14.2. The molecule has 1 saturated heterocycles. The summed E-state index contributed by atoms with van der Waals surface area (Å²) in [6, 6.07) is 2.00. The van der Waals surface area contributed by atoms with Crippen molar-refractivity contribution in [3.05, 3.63) is 11.6 Å². The summed E-state index contributed by atoms with van der Waals surface area (Å²) in [4.78, 5) is 11.1. The predicted octanol–water partition coefficient (Wildman–Crippen LogP) is 0.136. The van der Waals surface area contributed by atoms with E-state index in [9.17, 15) is 4.79 Å². The van der Waals surface area contributed by atoms with Gasteiger partial charge in [-0.05, 0) is 12.5 Å². The van der Waals surface area contributed by atoms with Gasteiger partial charge in [-0.15, -0.1) is 0 Å². The highest BCUT2D eigenvalue weighted by Crippen LogP contribution is 2.13. The van der Waals surface area contributed by atoms with Crippen molar-refractivity contribution >= 4 is 23.1 Å². The smallest absolute Gasteiger partial charge is 0.248 e. The lowest BCUT2D eigenvalue weighted by Crippen LogP contribution is -2.37. The highest BCUT2D eigenvalue weighted by molar-refractivity contribution is 7.80. The summed E-state index contributed by atoms with van der Waals surface area (Å²) in [6.07, 6.45) is 1.39. The second-order valence-electron chi connectivity index (χ2n) is 3.67. The van der Waals surface area contributed by atoms with Crippen LogP contribution in [0.2, 0.25) is 0 Å². The zero-order chi connectivity index (χ0) is 12.7. The average Bonchev–Trinajstić information content (AvgIpc) is 2.31. The first kappa shape index (κ1) is 13.8. The first-order valence-electron chi connectivity index (χ1n) is 5.36. The Hall–Kier alpha value is -1.29. The fraction of sp³-hybridized carbons (Fsp3) is 0.545. The first-order chi connectivity index (χ1) is 8.15. The molecule has 2 aliphatic heterocycles. The molecule has 0 bridgehead atoms. The minimum atomic E-state index is -0.428. The van der Waals surface area contributed by atoms with Gasteiger partial charge in [-0.1, -0.05) is 12.2 Å². The average molecular weight is 253 g/mol. The number of nitrogens with zero attached hydrogens (tertiary/aromatic N) is 1. The van der Waals surface area contributed by atoms with Crippen molar-refractivity contribution in [1.29, 1.82) is 5.26 Å². The molecule has 2 aliphatic rings. The molecule has 1 unspecified atom stereocenters. The van der Waals surface area contributed by atoms with Crippen molar-refractivity contribution in [2.75, 3.05) is 26.3 Å². The van der Waals surface area contributed by atoms with Crippen LogP contribution in [0.5, 0.6) is 0 Å². The summed E-state index contributed by atoms with van der Waals surface area (Å²) < 4.78 is 5.01. The zero-order valence-electron chi connectivity index (χ0n) is 9.66. The number of carbonyl (C=O) groups excluding carboxylic acids is 1. The third-order valence-electron chi connectivity index (χ3n) is 2.30. The van der Waals surface area contributed by atoms with Crippen LogP contribution in [0.4, 0.5) is 0 Å². The molecule has 17 heavy (non-hydrogen) atoms. The Balaban J connectivity index is 0.000000202. The molecule has 5 nitrogen and oxygen atoms in total. The van der Waals surface area contributed by atoms with E-state index in [-0.39, 0.29) is 5.91 Å². The number of hydrogen-bond acceptors (Lipinski definition) is 5. The van der Waals surface area contributed by atoms with Crippen LogP contribution in [0.3, 0.4) is 0 Å². The third kappa shape index (κ3) is 4.61. The summed E-state index contributed by atoms with van der Waals surface area (Å²) >= 11 is 4.79. The molecule has 2 heterocycles. The SMILES string of the molecule is C1COCCN1.CC1=CC(=O)NC(=S)C1C#N. The highest BCUT2D eigenvalue weighted by atomic mass is 32.1. The Kier molecular flexibility index (Phi) is 5.77. The van der Waals surface area contributed by atoms with Crippen LogP contribution in [-0.4, -0.2) is 37.2 Å². The van der Waals surface area contributed by atoms with Gasteiger partial charge in [0.25, 0.3) is 0 Å². The van der Waals surface area contributed by atoms with Gasteiger partial charge in [0.2, 0.25) is 5.91 Å². The highest BCUT2D eigenvalue weighted by Gasteiger charge is 2.22. The second-order valence-corrected chi connectivity index (χ2v) is 4.11. The number of morpholine rings is 1. The minimum Gasteiger partial charge on any atom is -0.379 e. The van der Waals surface area contributed by atoms with Crippen LogP contribution in [0.1, 0.15) is 6.92 Å². The first-order valence-corrected chi connectivity index (χ1v) is 5.77. The van der Waals surface area contributed by atoms with Crippen LogP contribution in [0.25, 0.3) is 0 Å². The predicted molar refractivity (Wildman–Crippen MR) is 67.3 cm³/mol. The van der Waals surface area contributed by atoms with Crippen LogP contribution in [-0.2, 0) is 9.53 Å². The maximum absolute atomic E-state index is 10.8. The lowest BCUT2D eigenvalue weighted by molar-refractivity contribution is -0.115. The monoisotopic (exact) mass is 253 g/mol. The topological polar surface area (TPSA) is 74.2 Å². The molecule has 0 radical (unpaired) electrons. The molecule has 6 heteroatoms. The molecule has 1 fully saturated rings. The number of amides is 1. The van der Waals surface area contributed by atoms with E-state index in [0.717, 1.165) is 26.3 Å². The number of ether oxygens (including phenoxy) is 1. The van der Waals surface area contributed by atoms with Crippen molar-refractivity contribution in [3.8, 4) is 6.07 Å². The molecule has 1 amide bonds. The van der Waals surface area contributed by atoms with Gasteiger partial charge in [0.1, 0.15) is 10.9 Å². The largest absolute Gasteiger partial charge is 0.379 e. The van der Waals surface area contributed by atoms with Crippen molar-refractivity contribution in [2.24, 2.45) is 5.92 Å². The van der Waals surface area contributed by atoms with Crippen LogP contribution in [0.15, 0.2) is 11.6 Å². The van der Waals surface area contributed by atoms with Gasteiger partial charge >= 0.3 is 0 Å². The van der Waals surface area contributed by atoms with Gasteiger partial charge < -0.3 is 15.4 Å². The molecule has 0 saturated carbocycles. The summed E-state index contributed by atoms with van der Waals surface area (Å²) in [5.41, 5.74) is 0.709. The Labute approximate surface area is 106 Å². The van der Waals surface area contributed by atoms with E-state index in [1.54, 1.807) is 6.92 Å². The quantitative estimate of drug-likeness (QED) is 0.601. The fourth-order valence-electron chi connectivity index (χ4n) is 1.40. The van der Waals surface area contributed by atoms with Crippen LogP contribution < -0.4 is 10.6 Å². The third-order valence-corrected chi connectivity index (χ3v) is 2.64. The van der Waals surface area contributed by atoms with Crippen molar-refractivity contribution in [2.45, 2.75) is 6.92 Å². The van der Waals surface area contributed by atoms with E-state index in [4.69, 9.17) is 22.2 Å². The zero-order valence-corrected chi connectivity index (χ0v) is 10.5. The Morgan fingerprint density at radius 2 is 2.18 bits per heavy atom. The molecule has 2 rings (SSSR count). The normalized spacial score (nSPS) is 23.8. The summed E-state index contributed by atoms with van der Waals surface area (Å²) in [5.74, 6) is -0.665. The molecule has 1 atom stereocenters. The van der Waals surface area contributed by atoms with Crippen LogP contribution >= 0.6 is 12.2 Å². The van der Waals surface area contributed by atoms with Crippen molar-refractivity contribution < 1.29 is 9.53 Å². The number of rotatable bonds is 0. The number of hydrogen-bond donors (Lipinski definition) is 2. The Bertz CT molecular complexity index is 358. The molecule has 0 aromatic heterocycles. The lowest BCUT2D eigenvalue weighted by atomic mass is 9.99. The van der Waals surface area contributed by atoms with E-state index in [1.165, 1.54) is 6.08 Å². The van der Waals surface area contributed by atoms with Crippen molar-refractivity contribution in [3.63, 3.8) is 0 Å². The maximum atomic E-state index is 10.8. The summed E-state index contributed by atoms with van der Waals surface area (Å²) in [6.45, 7) is 5.55. The summed E-state index contributed by atoms with van der Waals surface area (Å²) in [7, 11) is 0. The molecule has 92 valence electrons. The number of nitrogens with one attached hydrogen (secondary N) is 2. The Morgan fingerprint density at radius 1 is 1.53 bits per heavy atom. The number of thiocarbonyl (C=S) groups is 1. The lowest BCUT2D eigenvalue weighted by Gasteiger charge is -2.16. The van der Waals surface area contributed by atoms with Gasteiger partial charge in [0.05, 0.1) is 19.3 Å². The molecular formula is C11H15N3O2S. The van der Waals surface area contributed by atoms with Gasteiger partial charge in [-0.3, -0.25) is 4.79 Å². The molecule has 0 aromatic rings.